The highest BCUT2D eigenvalue weighted by Gasteiger charge is 2.31. The number of aromatic amines is 1. The predicted octanol–water partition coefficient (Wildman–Crippen LogP) is 6.89. The smallest absolute Gasteiger partial charge is 0.407 e. The lowest BCUT2D eigenvalue weighted by atomic mass is 9.90. The molecule has 10 nitrogen and oxygen atoms in total. The van der Waals surface area contributed by atoms with E-state index < -0.39 is 11.6 Å². The number of carbonyl (C=O) groups excluding carboxylic acids is 1. The summed E-state index contributed by atoms with van der Waals surface area (Å²) in [4.78, 5) is 37.2. The Morgan fingerprint density at radius 2 is 1.88 bits per heavy atom. The number of fused-ring (bicyclic) bond motifs is 1. The molecule has 224 valence electrons. The van der Waals surface area contributed by atoms with Crippen LogP contribution in [0.15, 0.2) is 67.4 Å². The van der Waals surface area contributed by atoms with Gasteiger partial charge in [0.25, 0.3) is 5.91 Å². The van der Waals surface area contributed by atoms with Crippen LogP contribution in [0.2, 0.25) is 5.02 Å². The van der Waals surface area contributed by atoms with Gasteiger partial charge >= 0.3 is 6.09 Å². The van der Waals surface area contributed by atoms with E-state index in [-0.39, 0.29) is 24.5 Å². The minimum atomic E-state index is -0.969. The van der Waals surface area contributed by atoms with Crippen molar-refractivity contribution in [2.75, 3.05) is 10.2 Å². The van der Waals surface area contributed by atoms with Crippen molar-refractivity contribution in [1.82, 2.24) is 25.1 Å². The highest BCUT2D eigenvalue weighted by molar-refractivity contribution is 6.33. The van der Waals surface area contributed by atoms with Gasteiger partial charge in [0.05, 0.1) is 16.7 Å². The highest BCUT2D eigenvalue weighted by atomic mass is 35.5. The number of H-pyrrole nitrogens is 1. The van der Waals surface area contributed by atoms with Crippen LogP contribution >= 0.6 is 11.6 Å². The molecule has 1 aliphatic rings. The topological polar surface area (TPSA) is 127 Å². The summed E-state index contributed by atoms with van der Waals surface area (Å²) < 4.78 is 0. The van der Waals surface area contributed by atoms with Crippen molar-refractivity contribution in [1.29, 1.82) is 0 Å². The number of aromatic nitrogens is 4. The quantitative estimate of drug-likeness (QED) is 0.188. The molecule has 0 aliphatic heterocycles. The van der Waals surface area contributed by atoms with Gasteiger partial charge in [-0.05, 0) is 76.3 Å². The van der Waals surface area contributed by atoms with E-state index >= 15 is 0 Å². The number of nitrogens with zero attached hydrogens (tertiary/aromatic N) is 5. The number of rotatable bonds is 8. The SMILES string of the molecule is C=CC(=O)N(c1ccc(CN(C(=O)O)[C@H]2CCC[C@@H](Nc3ncc(Cl)c(-c4n[nH]c5ccccc45)n3)C2)cc1)C(C)(C)C. The lowest BCUT2D eigenvalue weighted by molar-refractivity contribution is -0.115. The van der Waals surface area contributed by atoms with E-state index in [4.69, 9.17) is 11.6 Å². The van der Waals surface area contributed by atoms with Gasteiger partial charge in [-0.25, -0.2) is 14.8 Å². The summed E-state index contributed by atoms with van der Waals surface area (Å²) in [5.74, 6) is 0.231. The first-order valence-corrected chi connectivity index (χ1v) is 14.7. The van der Waals surface area contributed by atoms with E-state index in [9.17, 15) is 14.7 Å². The number of carboxylic acid groups (broad SMARTS) is 1. The third-order valence-electron chi connectivity index (χ3n) is 7.72. The molecule has 0 saturated heterocycles. The van der Waals surface area contributed by atoms with Crippen molar-refractivity contribution < 1.29 is 14.7 Å². The van der Waals surface area contributed by atoms with Crippen molar-refractivity contribution >= 4 is 46.1 Å². The number of hydrogen-bond acceptors (Lipinski definition) is 6. The third kappa shape index (κ3) is 6.64. The zero-order chi connectivity index (χ0) is 30.7. The number of para-hydroxylation sites is 1. The number of anilines is 2. The van der Waals surface area contributed by atoms with Crippen molar-refractivity contribution in [3.63, 3.8) is 0 Å². The second-order valence-electron chi connectivity index (χ2n) is 11.8. The van der Waals surface area contributed by atoms with Crippen LogP contribution in [0.5, 0.6) is 0 Å². The fraction of sp³-hybridized carbons (Fsp3) is 0.344. The third-order valence-corrected chi connectivity index (χ3v) is 7.99. The number of benzene rings is 2. The van der Waals surface area contributed by atoms with E-state index in [1.165, 1.54) is 11.0 Å². The largest absolute Gasteiger partial charge is 0.465 e. The van der Waals surface area contributed by atoms with E-state index in [2.05, 4.69) is 32.1 Å². The van der Waals surface area contributed by atoms with Crippen LogP contribution in [-0.4, -0.2) is 59.8 Å². The van der Waals surface area contributed by atoms with Crippen LogP contribution < -0.4 is 10.2 Å². The molecule has 1 fully saturated rings. The van der Waals surface area contributed by atoms with Gasteiger partial charge < -0.3 is 20.2 Å². The second-order valence-corrected chi connectivity index (χ2v) is 12.2. The Bertz CT molecular complexity index is 1630. The molecule has 0 unspecified atom stereocenters. The normalized spacial score (nSPS) is 16.9. The maximum absolute atomic E-state index is 12.5. The van der Waals surface area contributed by atoms with Crippen LogP contribution in [0.25, 0.3) is 22.3 Å². The van der Waals surface area contributed by atoms with Crippen molar-refractivity contribution in [3.05, 3.63) is 78.0 Å². The Kier molecular flexibility index (Phi) is 8.68. The molecule has 11 heteroatoms. The molecule has 2 atom stereocenters. The maximum atomic E-state index is 12.5. The Morgan fingerprint density at radius 1 is 1.14 bits per heavy atom. The second kappa shape index (κ2) is 12.4. The molecule has 1 saturated carbocycles. The first-order chi connectivity index (χ1) is 20.5. The minimum absolute atomic E-state index is 0.0156. The van der Waals surface area contributed by atoms with Gasteiger partial charge in [-0.3, -0.25) is 9.89 Å². The average molecular weight is 602 g/mol. The van der Waals surface area contributed by atoms with Gasteiger partial charge in [-0.2, -0.15) is 5.10 Å². The number of nitrogens with one attached hydrogen (secondary N) is 2. The average Bonchev–Trinajstić information content (AvgIpc) is 3.41. The number of amides is 2. The summed E-state index contributed by atoms with van der Waals surface area (Å²) >= 11 is 6.48. The van der Waals surface area contributed by atoms with E-state index in [0.29, 0.717) is 28.8 Å². The molecule has 3 N–H and O–H groups in total. The molecule has 43 heavy (non-hydrogen) atoms. The summed E-state index contributed by atoms with van der Waals surface area (Å²) in [6.07, 6.45) is 5.00. The first kappa shape index (κ1) is 30.0. The van der Waals surface area contributed by atoms with E-state index in [1.807, 2.05) is 69.3 Å². The zero-order valence-electron chi connectivity index (χ0n) is 24.5. The molecule has 4 aromatic rings. The number of halogens is 1. The van der Waals surface area contributed by atoms with Crippen LogP contribution in [0.4, 0.5) is 16.4 Å². The van der Waals surface area contributed by atoms with Crippen LogP contribution in [-0.2, 0) is 11.3 Å². The van der Waals surface area contributed by atoms with E-state index in [1.54, 1.807) is 11.1 Å². The molecule has 2 aromatic heterocycles. The molecule has 2 amide bonds. The molecule has 0 radical (unpaired) electrons. The lowest BCUT2D eigenvalue weighted by Gasteiger charge is -2.37. The first-order valence-electron chi connectivity index (χ1n) is 14.3. The Hall–Kier alpha value is -4.44. The lowest BCUT2D eigenvalue weighted by Crippen LogP contribution is -2.45. The molecule has 0 bridgehead atoms. The van der Waals surface area contributed by atoms with Gasteiger partial charge in [-0.15, -0.1) is 0 Å². The Labute approximate surface area is 255 Å². The molecular formula is C32H36ClN7O3. The van der Waals surface area contributed by atoms with E-state index in [0.717, 1.165) is 41.4 Å². The molecular weight excluding hydrogens is 566 g/mol. The molecule has 0 spiro atoms. The number of hydrogen-bond donors (Lipinski definition) is 3. The van der Waals surface area contributed by atoms with Gasteiger partial charge in [0.2, 0.25) is 5.95 Å². The van der Waals surface area contributed by atoms with Crippen molar-refractivity contribution in [2.45, 2.75) is 70.6 Å². The van der Waals surface area contributed by atoms with Crippen LogP contribution in [0.1, 0.15) is 52.0 Å². The minimum Gasteiger partial charge on any atom is -0.465 e. The standard InChI is InChI=1S/C32H36ClN7O3/c1-5-27(41)40(32(2,3)4)22-15-13-20(14-16-22)19-39(31(42)43)23-10-8-9-21(17-23)35-30-34-18-25(33)29(36-30)28-24-11-6-7-12-26(24)37-38-28/h5-7,11-16,18,21,23H,1,8-10,17,19H2,2-4H3,(H,37,38)(H,42,43)(H,34,35,36)/t21-,23+/m1/s1. The van der Waals surface area contributed by atoms with Crippen molar-refractivity contribution in [3.8, 4) is 11.4 Å². The number of carbonyl (C=O) groups is 2. The molecule has 5 rings (SSSR count). The van der Waals surface area contributed by atoms with Crippen LogP contribution in [0.3, 0.4) is 0 Å². The van der Waals surface area contributed by atoms with Gasteiger partial charge in [-0.1, -0.05) is 48.5 Å². The monoisotopic (exact) mass is 601 g/mol. The Balaban J connectivity index is 1.29. The molecule has 1 aliphatic carbocycles. The summed E-state index contributed by atoms with van der Waals surface area (Å²) in [7, 11) is 0. The van der Waals surface area contributed by atoms with Crippen LogP contribution in [0, 0.1) is 0 Å². The summed E-state index contributed by atoms with van der Waals surface area (Å²) in [6, 6.07) is 15.0. The van der Waals surface area contributed by atoms with Gasteiger partial charge in [0, 0.05) is 35.2 Å². The predicted molar refractivity (Wildman–Crippen MR) is 169 cm³/mol. The fourth-order valence-corrected chi connectivity index (χ4v) is 5.92. The summed E-state index contributed by atoms with van der Waals surface area (Å²) in [6.45, 7) is 9.73. The molecule has 2 heterocycles. The highest BCUT2D eigenvalue weighted by Crippen LogP contribution is 2.32. The maximum Gasteiger partial charge on any atom is 0.407 e. The molecule has 2 aromatic carbocycles. The fourth-order valence-electron chi connectivity index (χ4n) is 5.74. The van der Waals surface area contributed by atoms with Gasteiger partial charge in [0.1, 0.15) is 11.4 Å². The zero-order valence-corrected chi connectivity index (χ0v) is 25.3. The summed E-state index contributed by atoms with van der Waals surface area (Å²) in [5, 5.41) is 22.3. The van der Waals surface area contributed by atoms with Crippen molar-refractivity contribution in [2.24, 2.45) is 0 Å². The van der Waals surface area contributed by atoms with Gasteiger partial charge in [0.15, 0.2) is 0 Å². The summed E-state index contributed by atoms with van der Waals surface area (Å²) in [5.41, 5.74) is 3.20. The Morgan fingerprint density at radius 3 is 2.58 bits per heavy atom.